The van der Waals surface area contributed by atoms with Crippen molar-refractivity contribution in [3.63, 3.8) is 0 Å². The Morgan fingerprint density at radius 1 is 1.24 bits per heavy atom. The van der Waals surface area contributed by atoms with E-state index in [1.165, 1.54) is 6.07 Å². The summed E-state index contributed by atoms with van der Waals surface area (Å²) in [5.41, 5.74) is 1.10. The van der Waals surface area contributed by atoms with Gasteiger partial charge in [-0.25, -0.2) is 4.39 Å². The summed E-state index contributed by atoms with van der Waals surface area (Å²) in [6.45, 7) is 9.54. The minimum Gasteiger partial charge on any atom is -0.362 e. The molecule has 0 saturated carbocycles. The first-order valence-corrected chi connectivity index (χ1v) is 6.00. The highest BCUT2D eigenvalue weighted by atomic mass is 19.1. The number of benzene rings is 1. The maximum atomic E-state index is 13.3. The molecule has 2 rings (SSSR count). The molecule has 0 aromatic heterocycles. The molecule has 0 bridgehead atoms. The number of hydrogen-bond acceptors (Lipinski definition) is 2. The van der Waals surface area contributed by atoms with Gasteiger partial charge in [-0.15, -0.1) is 0 Å². The zero-order chi connectivity index (χ0) is 12.7. The summed E-state index contributed by atoms with van der Waals surface area (Å²) in [5.74, 6) is -0.166. The van der Waals surface area contributed by atoms with Crippen LogP contribution in [0.5, 0.6) is 0 Å². The van der Waals surface area contributed by atoms with Crippen molar-refractivity contribution in [1.29, 1.82) is 0 Å². The fraction of sp³-hybridized carbons (Fsp3) is 0.571. The lowest BCUT2D eigenvalue weighted by Crippen LogP contribution is -2.55. The fourth-order valence-electron chi connectivity index (χ4n) is 2.42. The maximum Gasteiger partial charge on any atom is 0.126 e. The Labute approximate surface area is 102 Å². The quantitative estimate of drug-likeness (QED) is 0.811. The van der Waals surface area contributed by atoms with Crippen LogP contribution in [0.25, 0.3) is 0 Å². The van der Waals surface area contributed by atoms with Crippen LogP contribution in [-0.4, -0.2) is 18.7 Å². The van der Waals surface area contributed by atoms with Gasteiger partial charge in [0.15, 0.2) is 0 Å². The first-order chi connectivity index (χ1) is 7.82. The number of rotatable bonds is 1. The van der Waals surface area contributed by atoms with Gasteiger partial charge in [0.05, 0.1) is 5.60 Å². The zero-order valence-electron chi connectivity index (χ0n) is 10.9. The molecule has 1 atom stereocenters. The van der Waals surface area contributed by atoms with E-state index in [2.05, 4.69) is 19.2 Å². The molecule has 0 radical (unpaired) electrons. The molecule has 1 aromatic rings. The largest absolute Gasteiger partial charge is 0.362 e. The van der Waals surface area contributed by atoms with Gasteiger partial charge in [-0.3, -0.25) is 0 Å². The summed E-state index contributed by atoms with van der Waals surface area (Å²) < 4.78 is 19.4. The van der Waals surface area contributed by atoms with Crippen molar-refractivity contribution >= 4 is 0 Å². The van der Waals surface area contributed by atoms with Gasteiger partial charge in [0.25, 0.3) is 0 Å². The van der Waals surface area contributed by atoms with E-state index >= 15 is 0 Å². The zero-order valence-corrected chi connectivity index (χ0v) is 10.9. The first kappa shape index (κ1) is 12.5. The van der Waals surface area contributed by atoms with Crippen LogP contribution in [0.3, 0.4) is 0 Å². The minimum absolute atomic E-state index is 0.166. The van der Waals surface area contributed by atoms with E-state index in [1.807, 2.05) is 19.1 Å². The van der Waals surface area contributed by atoms with Crippen LogP contribution in [0.2, 0.25) is 0 Å². The molecular formula is C14H20FNO. The Morgan fingerprint density at radius 2 is 1.94 bits per heavy atom. The van der Waals surface area contributed by atoms with Gasteiger partial charge in [-0.05, 0) is 44.9 Å². The minimum atomic E-state index is -0.389. The summed E-state index contributed by atoms with van der Waals surface area (Å²) >= 11 is 0. The molecule has 0 spiro atoms. The van der Waals surface area contributed by atoms with E-state index in [1.54, 1.807) is 6.92 Å². The fourth-order valence-corrected chi connectivity index (χ4v) is 2.42. The van der Waals surface area contributed by atoms with E-state index in [0.29, 0.717) is 5.56 Å². The van der Waals surface area contributed by atoms with E-state index in [4.69, 9.17) is 4.74 Å². The molecule has 1 aliphatic rings. The Kier molecular flexibility index (Phi) is 3.00. The molecule has 94 valence electrons. The van der Waals surface area contributed by atoms with Gasteiger partial charge in [-0.1, -0.05) is 12.1 Å². The highest BCUT2D eigenvalue weighted by molar-refractivity contribution is 5.29. The van der Waals surface area contributed by atoms with Gasteiger partial charge < -0.3 is 10.1 Å². The number of nitrogens with one attached hydrogen (secondary N) is 1. The summed E-state index contributed by atoms with van der Waals surface area (Å²) in [6.07, 6.45) is 0. The van der Waals surface area contributed by atoms with Crippen molar-refractivity contribution in [3.05, 3.63) is 35.1 Å². The lowest BCUT2D eigenvalue weighted by Gasteiger charge is -2.44. The third-order valence-electron chi connectivity index (χ3n) is 3.28. The summed E-state index contributed by atoms with van der Waals surface area (Å²) in [6, 6.07) is 5.20. The molecule has 1 heterocycles. The number of ether oxygens (including phenoxy) is 1. The third-order valence-corrected chi connectivity index (χ3v) is 3.28. The number of aryl methyl sites for hydroxylation is 1. The van der Waals surface area contributed by atoms with Gasteiger partial charge in [0.1, 0.15) is 11.4 Å². The van der Waals surface area contributed by atoms with E-state index in [9.17, 15) is 4.39 Å². The molecule has 2 nitrogen and oxygen atoms in total. The molecule has 3 heteroatoms. The first-order valence-electron chi connectivity index (χ1n) is 6.00. The van der Waals surface area contributed by atoms with Crippen LogP contribution in [0.1, 0.15) is 31.9 Å². The molecule has 1 unspecified atom stereocenters. The number of halogens is 1. The number of morpholine rings is 1. The van der Waals surface area contributed by atoms with Crippen LogP contribution >= 0.6 is 0 Å². The van der Waals surface area contributed by atoms with Crippen LogP contribution in [0, 0.1) is 12.7 Å². The molecule has 17 heavy (non-hydrogen) atoms. The second-order valence-electron chi connectivity index (χ2n) is 5.66. The van der Waals surface area contributed by atoms with Crippen LogP contribution in [0.4, 0.5) is 4.39 Å². The average molecular weight is 237 g/mol. The van der Waals surface area contributed by atoms with Crippen molar-refractivity contribution in [2.45, 2.75) is 38.9 Å². The third kappa shape index (κ3) is 2.50. The van der Waals surface area contributed by atoms with Crippen molar-refractivity contribution in [1.82, 2.24) is 5.32 Å². The van der Waals surface area contributed by atoms with Gasteiger partial charge in [0.2, 0.25) is 0 Å². The van der Waals surface area contributed by atoms with Crippen molar-refractivity contribution in [3.8, 4) is 0 Å². The second-order valence-corrected chi connectivity index (χ2v) is 5.66. The summed E-state index contributed by atoms with van der Waals surface area (Å²) in [7, 11) is 0. The smallest absolute Gasteiger partial charge is 0.126 e. The standard InChI is InChI=1S/C14H20FNO/c1-10-7-11(5-6-12(10)15)14(4)9-16-8-13(2,3)17-14/h5-7,16H,8-9H2,1-4H3. The summed E-state index contributed by atoms with van der Waals surface area (Å²) in [5, 5.41) is 3.38. The molecule has 1 saturated heterocycles. The van der Waals surface area contributed by atoms with Crippen molar-refractivity contribution < 1.29 is 9.13 Å². The van der Waals surface area contributed by atoms with Crippen LogP contribution in [0.15, 0.2) is 18.2 Å². The molecular weight excluding hydrogens is 217 g/mol. The van der Waals surface area contributed by atoms with Crippen LogP contribution in [-0.2, 0) is 10.3 Å². The lowest BCUT2D eigenvalue weighted by atomic mass is 9.90. The highest BCUT2D eigenvalue weighted by Gasteiger charge is 2.38. The normalized spacial score (nSPS) is 28.1. The number of hydrogen-bond donors (Lipinski definition) is 1. The van der Waals surface area contributed by atoms with E-state index in [-0.39, 0.29) is 17.0 Å². The lowest BCUT2D eigenvalue weighted by molar-refractivity contribution is -0.157. The Bertz CT molecular complexity index is 430. The second kappa shape index (κ2) is 4.07. The van der Waals surface area contributed by atoms with Gasteiger partial charge in [-0.2, -0.15) is 0 Å². The molecule has 1 fully saturated rings. The average Bonchev–Trinajstić information content (AvgIpc) is 2.20. The van der Waals surface area contributed by atoms with E-state index in [0.717, 1.165) is 18.7 Å². The molecule has 1 aliphatic heterocycles. The Hall–Kier alpha value is -0.930. The molecule has 0 amide bonds. The van der Waals surface area contributed by atoms with Gasteiger partial charge in [0, 0.05) is 13.1 Å². The predicted octanol–water partition coefficient (Wildman–Crippen LogP) is 2.75. The van der Waals surface area contributed by atoms with Crippen molar-refractivity contribution in [2.75, 3.05) is 13.1 Å². The Balaban J connectivity index is 2.34. The van der Waals surface area contributed by atoms with E-state index < -0.39 is 0 Å². The maximum absolute atomic E-state index is 13.3. The predicted molar refractivity (Wildman–Crippen MR) is 66.5 cm³/mol. The van der Waals surface area contributed by atoms with Gasteiger partial charge >= 0.3 is 0 Å². The highest BCUT2D eigenvalue weighted by Crippen LogP contribution is 2.33. The molecule has 1 aromatic carbocycles. The van der Waals surface area contributed by atoms with Crippen LogP contribution < -0.4 is 5.32 Å². The van der Waals surface area contributed by atoms with Crippen molar-refractivity contribution in [2.24, 2.45) is 0 Å². The monoisotopic (exact) mass is 237 g/mol. The summed E-state index contributed by atoms with van der Waals surface area (Å²) in [4.78, 5) is 0. The topological polar surface area (TPSA) is 21.3 Å². The molecule has 0 aliphatic carbocycles. The molecule has 1 N–H and O–H groups in total. The Morgan fingerprint density at radius 3 is 2.53 bits per heavy atom. The SMILES string of the molecule is Cc1cc(C2(C)CNCC(C)(C)O2)ccc1F.